The van der Waals surface area contributed by atoms with Crippen LogP contribution in [0.25, 0.3) is 0 Å². The summed E-state index contributed by atoms with van der Waals surface area (Å²) >= 11 is 5.88. The molecule has 4 nitrogen and oxygen atoms in total. The second-order valence-corrected chi connectivity index (χ2v) is 4.57. The zero-order valence-corrected chi connectivity index (χ0v) is 11.7. The van der Waals surface area contributed by atoms with Crippen molar-refractivity contribution < 1.29 is 19.4 Å². The van der Waals surface area contributed by atoms with Crippen LogP contribution in [0.1, 0.15) is 25.5 Å². The summed E-state index contributed by atoms with van der Waals surface area (Å²) in [5.41, 5.74) is 0.681. The number of hydrogen-bond donors (Lipinski definition) is 1. The summed E-state index contributed by atoms with van der Waals surface area (Å²) in [5.74, 6) is -0.235. The highest BCUT2D eigenvalue weighted by Gasteiger charge is 2.15. The first-order valence-electron chi connectivity index (χ1n) is 5.87. The average molecular weight is 285 g/mol. The minimum atomic E-state index is -0.564. The molecule has 0 heterocycles. The summed E-state index contributed by atoms with van der Waals surface area (Å²) in [4.78, 5) is 11.3. The minimum absolute atomic E-state index is 0.193. The molecule has 0 amide bonds. The first-order chi connectivity index (χ1) is 8.93. The second kappa shape index (κ2) is 7.28. The maximum atomic E-state index is 11.3. The molecule has 0 aromatic heterocycles. The second-order valence-electron chi connectivity index (χ2n) is 4.13. The molecule has 0 saturated heterocycles. The molecule has 2 atom stereocenters. The van der Waals surface area contributed by atoms with Crippen molar-refractivity contribution in [1.29, 1.82) is 0 Å². The van der Waals surface area contributed by atoms with E-state index in [9.17, 15) is 9.90 Å². The zero-order valence-electron chi connectivity index (χ0n) is 10.9. The lowest BCUT2D eigenvalue weighted by molar-refractivity contribution is -0.129. The molecule has 1 N–H and O–H groups in total. The molecular weight excluding hydrogens is 268 g/mol. The largest absolute Gasteiger partial charge is 0.423 e. The Morgan fingerprint density at radius 2 is 2.21 bits per heavy atom. The van der Waals surface area contributed by atoms with Gasteiger partial charge in [0, 0.05) is 16.7 Å². The highest BCUT2D eigenvalue weighted by molar-refractivity contribution is 6.30. The summed E-state index contributed by atoms with van der Waals surface area (Å²) in [7, 11) is 0. The first kappa shape index (κ1) is 15.7. The lowest BCUT2D eigenvalue weighted by atomic mass is 10.1. The predicted octanol–water partition coefficient (Wildman–Crippen LogP) is 2.89. The lowest BCUT2D eigenvalue weighted by Crippen LogP contribution is -2.14. The van der Waals surface area contributed by atoms with Crippen LogP contribution in [0, 0.1) is 0 Å². The molecule has 0 aliphatic heterocycles. The fourth-order valence-corrected chi connectivity index (χ4v) is 1.62. The van der Waals surface area contributed by atoms with E-state index < -0.39 is 12.1 Å². The Bertz CT molecular complexity index is 457. The molecule has 1 aromatic rings. The molecule has 0 aliphatic carbocycles. The maximum absolute atomic E-state index is 11.3. The van der Waals surface area contributed by atoms with E-state index in [-0.39, 0.29) is 12.7 Å². The third-order valence-corrected chi connectivity index (χ3v) is 2.61. The third kappa shape index (κ3) is 5.03. The van der Waals surface area contributed by atoms with Crippen molar-refractivity contribution >= 4 is 17.6 Å². The van der Waals surface area contributed by atoms with Gasteiger partial charge in [-0.15, -0.1) is 0 Å². The summed E-state index contributed by atoms with van der Waals surface area (Å²) in [6.45, 7) is 6.97. The highest BCUT2D eigenvalue weighted by Crippen LogP contribution is 2.30. The summed E-state index contributed by atoms with van der Waals surface area (Å²) < 4.78 is 10.6. The monoisotopic (exact) mass is 284 g/mol. The van der Waals surface area contributed by atoms with Crippen molar-refractivity contribution in [2.45, 2.75) is 26.1 Å². The van der Waals surface area contributed by atoms with E-state index in [4.69, 9.17) is 21.1 Å². The Kier molecular flexibility index (Phi) is 6.02. The molecule has 0 radical (unpaired) electrons. The van der Waals surface area contributed by atoms with Crippen LogP contribution in [0.4, 0.5) is 0 Å². The number of hydrogen-bond acceptors (Lipinski definition) is 4. The van der Waals surface area contributed by atoms with E-state index in [2.05, 4.69) is 6.58 Å². The molecule has 104 valence electrons. The molecule has 0 unspecified atom stereocenters. The third-order valence-electron chi connectivity index (χ3n) is 2.38. The summed E-state index contributed by atoms with van der Waals surface area (Å²) in [5, 5.41) is 9.66. The smallest absolute Gasteiger partial charge is 0.335 e. The van der Waals surface area contributed by atoms with Crippen molar-refractivity contribution in [3.63, 3.8) is 0 Å². The number of esters is 1. The number of aliphatic hydroxyl groups is 1. The highest BCUT2D eigenvalue weighted by atomic mass is 35.5. The Morgan fingerprint density at radius 3 is 2.79 bits per heavy atom. The van der Waals surface area contributed by atoms with Gasteiger partial charge in [-0.2, -0.15) is 0 Å². The van der Waals surface area contributed by atoms with E-state index in [0.29, 0.717) is 16.3 Å². The van der Waals surface area contributed by atoms with Gasteiger partial charge in [0.05, 0.1) is 18.8 Å². The number of halogens is 1. The Balaban J connectivity index is 2.91. The van der Waals surface area contributed by atoms with Gasteiger partial charge in [0.15, 0.2) is 0 Å². The quantitative estimate of drug-likeness (QED) is 0.496. The van der Waals surface area contributed by atoms with Crippen LogP contribution in [-0.4, -0.2) is 23.8 Å². The molecule has 0 spiro atoms. The van der Waals surface area contributed by atoms with E-state index in [1.165, 1.54) is 0 Å². The number of benzene rings is 1. The molecule has 0 bridgehead atoms. The SMILES string of the molecule is C=CC(=O)Oc1cc(Cl)ccc1[C@@H](C)OC[C@@H](C)O. The van der Waals surface area contributed by atoms with Crippen molar-refractivity contribution in [3.8, 4) is 5.75 Å². The zero-order chi connectivity index (χ0) is 14.4. The fraction of sp³-hybridized carbons (Fsp3) is 0.357. The van der Waals surface area contributed by atoms with Gasteiger partial charge in [-0.1, -0.05) is 24.2 Å². The minimum Gasteiger partial charge on any atom is -0.423 e. The van der Waals surface area contributed by atoms with E-state index in [1.54, 1.807) is 32.0 Å². The molecule has 1 aromatic carbocycles. The van der Waals surface area contributed by atoms with Crippen molar-refractivity contribution in [2.75, 3.05) is 6.61 Å². The standard InChI is InChI=1S/C14H17ClO4/c1-4-14(17)19-13-7-11(15)5-6-12(13)10(3)18-8-9(2)16/h4-7,9-10,16H,1,8H2,2-3H3/t9-,10-/m1/s1. The predicted molar refractivity (Wildman–Crippen MR) is 73.3 cm³/mol. The van der Waals surface area contributed by atoms with Gasteiger partial charge in [0.2, 0.25) is 0 Å². The van der Waals surface area contributed by atoms with Gasteiger partial charge < -0.3 is 14.6 Å². The van der Waals surface area contributed by atoms with Crippen LogP contribution in [-0.2, 0) is 9.53 Å². The first-order valence-corrected chi connectivity index (χ1v) is 6.25. The number of rotatable bonds is 6. The summed E-state index contributed by atoms with van der Waals surface area (Å²) in [6, 6.07) is 4.95. The van der Waals surface area contributed by atoms with E-state index in [1.807, 2.05) is 0 Å². The van der Waals surface area contributed by atoms with Gasteiger partial charge in [-0.3, -0.25) is 0 Å². The lowest BCUT2D eigenvalue weighted by Gasteiger charge is -2.17. The molecule has 5 heteroatoms. The molecule has 0 saturated carbocycles. The Labute approximate surface area is 117 Å². The van der Waals surface area contributed by atoms with E-state index >= 15 is 0 Å². The van der Waals surface area contributed by atoms with Crippen LogP contribution in [0.5, 0.6) is 5.75 Å². The van der Waals surface area contributed by atoms with Crippen molar-refractivity contribution in [1.82, 2.24) is 0 Å². The van der Waals surface area contributed by atoms with Crippen LogP contribution in [0.2, 0.25) is 5.02 Å². The van der Waals surface area contributed by atoms with Gasteiger partial charge in [-0.25, -0.2) is 4.79 Å². The molecule has 1 rings (SSSR count). The molecule has 19 heavy (non-hydrogen) atoms. The summed E-state index contributed by atoms with van der Waals surface area (Å²) in [6.07, 6.45) is 0.180. The van der Waals surface area contributed by atoms with Gasteiger partial charge in [-0.05, 0) is 26.0 Å². The molecule has 0 aliphatic rings. The van der Waals surface area contributed by atoms with Crippen LogP contribution >= 0.6 is 11.6 Å². The number of aliphatic hydroxyl groups excluding tert-OH is 1. The van der Waals surface area contributed by atoms with Crippen molar-refractivity contribution in [3.05, 3.63) is 41.4 Å². The molecular formula is C14H17ClO4. The van der Waals surface area contributed by atoms with Gasteiger partial charge in [0.1, 0.15) is 5.75 Å². The number of carbonyl (C=O) groups is 1. The Morgan fingerprint density at radius 1 is 1.53 bits per heavy atom. The topological polar surface area (TPSA) is 55.8 Å². The van der Waals surface area contributed by atoms with Gasteiger partial charge in [0.25, 0.3) is 0 Å². The van der Waals surface area contributed by atoms with Crippen LogP contribution < -0.4 is 4.74 Å². The number of carbonyl (C=O) groups excluding carboxylic acids is 1. The normalized spacial score (nSPS) is 13.7. The maximum Gasteiger partial charge on any atom is 0.335 e. The Hall–Kier alpha value is -1.36. The fourth-order valence-electron chi connectivity index (χ4n) is 1.46. The number of ether oxygens (including phenoxy) is 2. The van der Waals surface area contributed by atoms with Crippen molar-refractivity contribution in [2.24, 2.45) is 0 Å². The molecule has 0 fully saturated rings. The van der Waals surface area contributed by atoms with E-state index in [0.717, 1.165) is 6.08 Å². The van der Waals surface area contributed by atoms with Crippen LogP contribution in [0.15, 0.2) is 30.9 Å². The average Bonchev–Trinajstić information content (AvgIpc) is 2.36. The van der Waals surface area contributed by atoms with Gasteiger partial charge >= 0.3 is 5.97 Å². The van der Waals surface area contributed by atoms with Crippen LogP contribution in [0.3, 0.4) is 0 Å².